The molecule has 2 aromatic heterocycles. The van der Waals surface area contributed by atoms with Gasteiger partial charge in [0.05, 0.1) is 15.8 Å². The Labute approximate surface area is 171 Å². The van der Waals surface area contributed by atoms with Gasteiger partial charge >= 0.3 is 5.63 Å². The molecule has 6 rings (SSSR count). The van der Waals surface area contributed by atoms with Crippen LogP contribution in [0.25, 0.3) is 42.5 Å². The van der Waals surface area contributed by atoms with E-state index in [-0.39, 0.29) is 5.63 Å². The molecule has 29 heavy (non-hydrogen) atoms. The predicted molar refractivity (Wildman–Crippen MR) is 120 cm³/mol. The highest BCUT2D eigenvalue weighted by Crippen LogP contribution is 2.32. The molecule has 0 bridgehead atoms. The number of aromatic nitrogens is 1. The van der Waals surface area contributed by atoms with E-state index in [2.05, 4.69) is 34.1 Å². The summed E-state index contributed by atoms with van der Waals surface area (Å²) in [6.45, 7) is 2.22. The highest BCUT2D eigenvalue weighted by Gasteiger charge is 2.15. The Morgan fingerprint density at radius 2 is 1.76 bits per heavy atom. The highest BCUT2D eigenvalue weighted by molar-refractivity contribution is 7.21. The zero-order valence-electron chi connectivity index (χ0n) is 15.7. The zero-order valence-corrected chi connectivity index (χ0v) is 16.5. The van der Waals surface area contributed by atoms with Gasteiger partial charge in [-0.05, 0) is 66.1 Å². The Hall–Kier alpha value is -3.18. The maximum atomic E-state index is 12.7. The van der Waals surface area contributed by atoms with Crippen LogP contribution in [-0.4, -0.2) is 18.1 Å². The molecule has 0 unspecified atom stereocenters. The maximum absolute atomic E-state index is 12.7. The van der Waals surface area contributed by atoms with Crippen molar-refractivity contribution in [2.24, 2.45) is 0 Å². The standard InChI is InChI=1S/C24H18N2O2S/c27-24-19(23-25-20-5-1-2-6-22(20)29-23)13-17-11-15-7-8-18(26-9-3-4-10-26)12-16(15)14-21(17)28-24/h1-2,5-8,11-14H,3-4,9-10H2. The van der Waals surface area contributed by atoms with Crippen molar-refractivity contribution in [1.82, 2.24) is 4.98 Å². The van der Waals surface area contributed by atoms with Gasteiger partial charge in [-0.15, -0.1) is 11.3 Å². The van der Waals surface area contributed by atoms with Gasteiger partial charge in [-0.3, -0.25) is 0 Å². The van der Waals surface area contributed by atoms with Gasteiger partial charge in [-0.2, -0.15) is 0 Å². The largest absolute Gasteiger partial charge is 0.422 e. The van der Waals surface area contributed by atoms with E-state index in [1.807, 2.05) is 36.4 Å². The predicted octanol–water partition coefficient (Wildman–Crippen LogP) is 5.82. The fourth-order valence-corrected chi connectivity index (χ4v) is 5.13. The summed E-state index contributed by atoms with van der Waals surface area (Å²) >= 11 is 1.52. The Morgan fingerprint density at radius 1 is 0.897 bits per heavy atom. The summed E-state index contributed by atoms with van der Waals surface area (Å²) in [6.07, 6.45) is 2.50. The Kier molecular flexibility index (Phi) is 3.71. The fraction of sp³-hybridized carbons (Fsp3) is 0.167. The van der Waals surface area contributed by atoms with Crippen LogP contribution in [0, 0.1) is 0 Å². The van der Waals surface area contributed by atoms with E-state index in [9.17, 15) is 4.79 Å². The molecule has 3 aromatic carbocycles. The van der Waals surface area contributed by atoms with Crippen LogP contribution >= 0.6 is 11.3 Å². The third kappa shape index (κ3) is 2.81. The second-order valence-corrected chi connectivity index (χ2v) is 8.58. The number of hydrogen-bond donors (Lipinski definition) is 0. The average Bonchev–Trinajstić information content (AvgIpc) is 3.41. The monoisotopic (exact) mass is 398 g/mol. The van der Waals surface area contributed by atoms with Crippen LogP contribution in [0.15, 0.2) is 69.9 Å². The first-order valence-corrected chi connectivity index (χ1v) is 10.7. The van der Waals surface area contributed by atoms with Gasteiger partial charge in [-0.25, -0.2) is 9.78 Å². The maximum Gasteiger partial charge on any atom is 0.346 e. The van der Waals surface area contributed by atoms with Crippen molar-refractivity contribution in [2.45, 2.75) is 12.8 Å². The lowest BCUT2D eigenvalue weighted by Crippen LogP contribution is -2.17. The smallest absolute Gasteiger partial charge is 0.346 e. The lowest BCUT2D eigenvalue weighted by molar-refractivity contribution is 0.564. The van der Waals surface area contributed by atoms with E-state index in [1.165, 1.54) is 29.9 Å². The van der Waals surface area contributed by atoms with Gasteiger partial charge < -0.3 is 9.32 Å². The summed E-state index contributed by atoms with van der Waals surface area (Å²) in [6, 6.07) is 20.4. The van der Waals surface area contributed by atoms with Crippen molar-refractivity contribution in [2.75, 3.05) is 18.0 Å². The van der Waals surface area contributed by atoms with Crippen molar-refractivity contribution < 1.29 is 4.42 Å². The van der Waals surface area contributed by atoms with Gasteiger partial charge in [0.2, 0.25) is 0 Å². The van der Waals surface area contributed by atoms with Gasteiger partial charge in [0, 0.05) is 24.2 Å². The fourth-order valence-electron chi connectivity index (χ4n) is 4.16. The molecule has 0 saturated carbocycles. The van der Waals surface area contributed by atoms with Gasteiger partial charge in [-0.1, -0.05) is 18.2 Å². The average molecular weight is 398 g/mol. The lowest BCUT2D eigenvalue weighted by Gasteiger charge is -2.18. The summed E-state index contributed by atoms with van der Waals surface area (Å²) in [5.74, 6) is 0. The first-order valence-electron chi connectivity index (χ1n) is 9.87. The van der Waals surface area contributed by atoms with Crippen LogP contribution in [0.2, 0.25) is 0 Å². The summed E-state index contributed by atoms with van der Waals surface area (Å²) < 4.78 is 6.78. The number of para-hydroxylation sites is 1. The second kappa shape index (κ2) is 6.42. The number of nitrogens with zero attached hydrogens (tertiary/aromatic N) is 2. The third-order valence-corrected chi connectivity index (χ3v) is 6.74. The molecular weight excluding hydrogens is 380 g/mol. The molecule has 1 aliphatic heterocycles. The minimum atomic E-state index is -0.341. The highest BCUT2D eigenvalue weighted by atomic mass is 32.1. The minimum Gasteiger partial charge on any atom is -0.422 e. The molecule has 4 nitrogen and oxygen atoms in total. The second-order valence-electron chi connectivity index (χ2n) is 7.55. The summed E-state index contributed by atoms with van der Waals surface area (Å²) in [7, 11) is 0. The van der Waals surface area contributed by atoms with E-state index in [4.69, 9.17) is 4.42 Å². The molecule has 1 aliphatic rings. The van der Waals surface area contributed by atoms with E-state index < -0.39 is 0 Å². The Bertz CT molecular complexity index is 1410. The molecule has 1 fully saturated rings. The number of thiazole rings is 1. The molecule has 3 heterocycles. The SMILES string of the molecule is O=c1oc2cc3cc(N4CCCC4)ccc3cc2cc1-c1nc2ccccc2s1. The molecule has 0 aliphatic carbocycles. The van der Waals surface area contributed by atoms with Crippen molar-refractivity contribution >= 4 is 49.0 Å². The first kappa shape index (κ1) is 16.7. The van der Waals surface area contributed by atoms with Crippen LogP contribution in [0.3, 0.4) is 0 Å². The summed E-state index contributed by atoms with van der Waals surface area (Å²) in [5, 5.41) is 3.86. The Morgan fingerprint density at radius 3 is 2.62 bits per heavy atom. The molecule has 1 saturated heterocycles. The van der Waals surface area contributed by atoms with Gasteiger partial charge in [0.25, 0.3) is 0 Å². The van der Waals surface area contributed by atoms with Crippen molar-refractivity contribution in [3.8, 4) is 10.6 Å². The normalized spacial score (nSPS) is 14.4. The molecule has 0 radical (unpaired) electrons. The van der Waals surface area contributed by atoms with Crippen LogP contribution < -0.4 is 10.5 Å². The van der Waals surface area contributed by atoms with Crippen molar-refractivity contribution in [3.63, 3.8) is 0 Å². The van der Waals surface area contributed by atoms with Gasteiger partial charge in [0.1, 0.15) is 10.6 Å². The van der Waals surface area contributed by atoms with E-state index in [0.717, 1.165) is 39.5 Å². The molecule has 0 N–H and O–H groups in total. The van der Waals surface area contributed by atoms with Crippen molar-refractivity contribution in [1.29, 1.82) is 0 Å². The number of anilines is 1. The first-order chi connectivity index (χ1) is 14.2. The van der Waals surface area contributed by atoms with E-state index >= 15 is 0 Å². The van der Waals surface area contributed by atoms with Crippen LogP contribution in [0.1, 0.15) is 12.8 Å². The third-order valence-electron chi connectivity index (χ3n) is 5.67. The molecule has 0 amide bonds. The summed E-state index contributed by atoms with van der Waals surface area (Å²) in [4.78, 5) is 19.7. The lowest BCUT2D eigenvalue weighted by atomic mass is 10.1. The van der Waals surface area contributed by atoms with Crippen LogP contribution in [0.5, 0.6) is 0 Å². The molecule has 0 spiro atoms. The summed E-state index contributed by atoms with van der Waals surface area (Å²) in [5.41, 5.74) is 2.94. The molecule has 142 valence electrons. The van der Waals surface area contributed by atoms with Crippen molar-refractivity contribution in [3.05, 3.63) is 71.1 Å². The quantitative estimate of drug-likeness (QED) is 0.277. The van der Waals surface area contributed by atoms with Crippen LogP contribution in [-0.2, 0) is 0 Å². The Balaban J connectivity index is 1.50. The zero-order chi connectivity index (χ0) is 19.4. The molecular formula is C24H18N2O2S. The molecule has 5 heteroatoms. The molecule has 0 atom stereocenters. The van der Waals surface area contributed by atoms with Gasteiger partial charge in [0.15, 0.2) is 0 Å². The number of rotatable bonds is 2. The van der Waals surface area contributed by atoms with Crippen LogP contribution in [0.4, 0.5) is 5.69 Å². The van der Waals surface area contributed by atoms with E-state index in [1.54, 1.807) is 0 Å². The number of fused-ring (bicyclic) bond motifs is 3. The van der Waals surface area contributed by atoms with E-state index in [0.29, 0.717) is 16.2 Å². The molecule has 5 aromatic rings. The topological polar surface area (TPSA) is 46.3 Å². The number of hydrogen-bond acceptors (Lipinski definition) is 5. The number of benzene rings is 3. The minimum absolute atomic E-state index is 0.341.